The number of benzene rings is 2. The molecule has 4 nitrogen and oxygen atoms in total. The van der Waals surface area contributed by atoms with Gasteiger partial charge in [-0.15, -0.1) is 0 Å². The third-order valence-corrected chi connectivity index (χ3v) is 3.13. The summed E-state index contributed by atoms with van der Waals surface area (Å²) in [6.07, 6.45) is -0.710. The van der Waals surface area contributed by atoms with Gasteiger partial charge in [0.1, 0.15) is 12.4 Å². The summed E-state index contributed by atoms with van der Waals surface area (Å²) in [5.41, 5.74) is 2.64. The molecule has 0 aliphatic rings. The van der Waals surface area contributed by atoms with Crippen LogP contribution in [0.2, 0.25) is 0 Å². The second kappa shape index (κ2) is 7.28. The average molecular weight is 295 g/mol. The lowest BCUT2D eigenvalue weighted by atomic mass is 10.2. The molecule has 0 aliphatic carbocycles. The fourth-order valence-corrected chi connectivity index (χ4v) is 1.82. The number of aryl methyl sites for hydroxylation is 1. The van der Waals surface area contributed by atoms with E-state index in [-0.39, 0.29) is 6.61 Å². The van der Waals surface area contributed by atoms with Crippen molar-refractivity contribution in [3.8, 4) is 11.8 Å². The number of rotatable bonds is 5. The lowest BCUT2D eigenvalue weighted by molar-refractivity contribution is -0.152. The molecule has 22 heavy (non-hydrogen) atoms. The van der Waals surface area contributed by atoms with E-state index in [2.05, 4.69) is 0 Å². The Morgan fingerprint density at radius 3 is 2.36 bits per heavy atom. The van der Waals surface area contributed by atoms with Gasteiger partial charge in [0.05, 0.1) is 11.6 Å². The Morgan fingerprint density at radius 1 is 1.14 bits per heavy atom. The fourth-order valence-electron chi connectivity index (χ4n) is 1.82. The summed E-state index contributed by atoms with van der Waals surface area (Å²) in [6, 6.07) is 16.4. The largest absolute Gasteiger partial charge is 0.479 e. The van der Waals surface area contributed by atoms with Crippen LogP contribution in [0.5, 0.6) is 5.75 Å². The summed E-state index contributed by atoms with van der Waals surface area (Å²) in [6.45, 7) is 3.86. The molecule has 0 amide bonds. The molecule has 4 heteroatoms. The number of carbonyl (C=O) groups excluding carboxylic acids is 1. The van der Waals surface area contributed by atoms with E-state index in [9.17, 15) is 4.79 Å². The molecular formula is C18H17NO3. The molecule has 0 saturated carbocycles. The highest BCUT2D eigenvalue weighted by Crippen LogP contribution is 2.14. The van der Waals surface area contributed by atoms with Gasteiger partial charge in [0, 0.05) is 0 Å². The summed E-state index contributed by atoms with van der Waals surface area (Å²) in [7, 11) is 0. The third-order valence-electron chi connectivity index (χ3n) is 3.13. The zero-order valence-electron chi connectivity index (χ0n) is 12.6. The van der Waals surface area contributed by atoms with E-state index in [1.807, 2.05) is 37.3 Å². The molecule has 2 rings (SSSR count). The second-order valence-corrected chi connectivity index (χ2v) is 4.99. The van der Waals surface area contributed by atoms with Crippen molar-refractivity contribution < 1.29 is 14.3 Å². The first kappa shape index (κ1) is 15.6. The molecule has 0 bridgehead atoms. The first-order valence-electron chi connectivity index (χ1n) is 6.97. The third kappa shape index (κ3) is 4.35. The maximum Gasteiger partial charge on any atom is 0.347 e. The van der Waals surface area contributed by atoms with Crippen LogP contribution in [0.25, 0.3) is 0 Å². The topological polar surface area (TPSA) is 59.3 Å². The van der Waals surface area contributed by atoms with E-state index in [1.165, 1.54) is 0 Å². The minimum absolute atomic E-state index is 0.222. The molecule has 0 spiro atoms. The van der Waals surface area contributed by atoms with Crippen molar-refractivity contribution in [2.45, 2.75) is 26.6 Å². The van der Waals surface area contributed by atoms with E-state index in [1.54, 1.807) is 31.2 Å². The highest BCUT2D eigenvalue weighted by molar-refractivity contribution is 5.74. The number of carbonyl (C=O) groups is 1. The van der Waals surface area contributed by atoms with Crippen molar-refractivity contribution >= 4 is 5.97 Å². The van der Waals surface area contributed by atoms with Crippen LogP contribution < -0.4 is 4.74 Å². The molecule has 0 fully saturated rings. The number of esters is 1. The van der Waals surface area contributed by atoms with E-state index in [0.29, 0.717) is 11.3 Å². The highest BCUT2D eigenvalue weighted by atomic mass is 16.6. The maximum atomic E-state index is 11.9. The van der Waals surface area contributed by atoms with Gasteiger partial charge in [0.15, 0.2) is 6.10 Å². The smallest absolute Gasteiger partial charge is 0.347 e. The van der Waals surface area contributed by atoms with Crippen LogP contribution in [0.1, 0.15) is 23.6 Å². The summed E-state index contributed by atoms with van der Waals surface area (Å²) in [4.78, 5) is 11.9. The fraction of sp³-hybridized carbons (Fsp3) is 0.222. The predicted octanol–water partition coefficient (Wildman–Crippen LogP) is 3.38. The monoisotopic (exact) mass is 295 g/mol. The van der Waals surface area contributed by atoms with E-state index < -0.39 is 12.1 Å². The van der Waals surface area contributed by atoms with Gasteiger partial charge in [0.25, 0.3) is 0 Å². The molecule has 0 aliphatic heterocycles. The van der Waals surface area contributed by atoms with Crippen molar-refractivity contribution in [1.82, 2.24) is 0 Å². The Bertz CT molecular complexity index is 669. The highest BCUT2D eigenvalue weighted by Gasteiger charge is 2.16. The van der Waals surface area contributed by atoms with Crippen LogP contribution in [-0.2, 0) is 16.1 Å². The molecule has 0 unspecified atom stereocenters. The molecule has 2 aromatic rings. The van der Waals surface area contributed by atoms with Gasteiger partial charge in [0.2, 0.25) is 0 Å². The van der Waals surface area contributed by atoms with Gasteiger partial charge >= 0.3 is 5.97 Å². The minimum atomic E-state index is -0.710. The molecule has 0 aromatic heterocycles. The van der Waals surface area contributed by atoms with Gasteiger partial charge in [-0.3, -0.25) is 0 Å². The Balaban J connectivity index is 1.86. The summed E-state index contributed by atoms with van der Waals surface area (Å²) in [5.74, 6) is 0.101. The van der Waals surface area contributed by atoms with Crippen LogP contribution >= 0.6 is 0 Å². The van der Waals surface area contributed by atoms with Crippen LogP contribution in [0.3, 0.4) is 0 Å². The summed E-state index contributed by atoms with van der Waals surface area (Å²) in [5, 5.41) is 8.73. The second-order valence-electron chi connectivity index (χ2n) is 4.99. The number of hydrogen-bond acceptors (Lipinski definition) is 4. The molecule has 0 radical (unpaired) electrons. The summed E-state index contributed by atoms with van der Waals surface area (Å²) >= 11 is 0. The van der Waals surface area contributed by atoms with Crippen LogP contribution in [0.4, 0.5) is 0 Å². The molecule has 0 heterocycles. The van der Waals surface area contributed by atoms with Crippen molar-refractivity contribution in [2.24, 2.45) is 0 Å². The summed E-state index contributed by atoms with van der Waals surface area (Å²) < 4.78 is 10.7. The Morgan fingerprint density at radius 2 is 1.77 bits per heavy atom. The van der Waals surface area contributed by atoms with Crippen molar-refractivity contribution in [2.75, 3.05) is 0 Å². The van der Waals surface area contributed by atoms with Crippen LogP contribution in [-0.4, -0.2) is 12.1 Å². The quantitative estimate of drug-likeness (QED) is 0.793. The first-order valence-corrected chi connectivity index (χ1v) is 6.97. The number of hydrogen-bond donors (Lipinski definition) is 0. The zero-order chi connectivity index (χ0) is 15.9. The van der Waals surface area contributed by atoms with Gasteiger partial charge in [-0.25, -0.2) is 4.79 Å². The Labute approximate surface area is 129 Å². The molecule has 0 saturated heterocycles. The van der Waals surface area contributed by atoms with E-state index in [4.69, 9.17) is 14.7 Å². The molecule has 2 aromatic carbocycles. The van der Waals surface area contributed by atoms with Gasteiger partial charge < -0.3 is 9.47 Å². The number of nitrogens with zero attached hydrogens (tertiary/aromatic N) is 1. The average Bonchev–Trinajstić information content (AvgIpc) is 2.54. The normalized spacial score (nSPS) is 11.3. The lowest BCUT2D eigenvalue weighted by Crippen LogP contribution is -2.26. The van der Waals surface area contributed by atoms with Crippen molar-refractivity contribution in [1.29, 1.82) is 5.26 Å². The van der Waals surface area contributed by atoms with Crippen LogP contribution in [0, 0.1) is 18.3 Å². The molecule has 112 valence electrons. The Hall–Kier alpha value is -2.80. The zero-order valence-corrected chi connectivity index (χ0v) is 12.6. The van der Waals surface area contributed by atoms with Crippen molar-refractivity contribution in [3.63, 3.8) is 0 Å². The SMILES string of the molecule is Cc1ccc(COC(=O)[C@H](C)Oc2ccc(C#N)cc2)cc1. The molecular weight excluding hydrogens is 278 g/mol. The van der Waals surface area contributed by atoms with Crippen molar-refractivity contribution in [3.05, 3.63) is 65.2 Å². The maximum absolute atomic E-state index is 11.9. The minimum Gasteiger partial charge on any atom is -0.479 e. The van der Waals surface area contributed by atoms with E-state index >= 15 is 0 Å². The first-order chi connectivity index (χ1) is 10.6. The van der Waals surface area contributed by atoms with Gasteiger partial charge in [-0.2, -0.15) is 5.26 Å². The lowest BCUT2D eigenvalue weighted by Gasteiger charge is -2.14. The Kier molecular flexibility index (Phi) is 5.16. The van der Waals surface area contributed by atoms with Gasteiger partial charge in [-0.1, -0.05) is 29.8 Å². The standard InChI is InChI=1S/C18H17NO3/c1-13-3-5-16(6-4-13)12-21-18(20)14(2)22-17-9-7-15(11-19)8-10-17/h3-10,14H,12H2,1-2H3/t14-/m0/s1. The van der Waals surface area contributed by atoms with Crippen LogP contribution in [0.15, 0.2) is 48.5 Å². The predicted molar refractivity (Wildman–Crippen MR) is 82.2 cm³/mol. The van der Waals surface area contributed by atoms with E-state index in [0.717, 1.165) is 11.1 Å². The molecule has 0 N–H and O–H groups in total. The van der Waals surface area contributed by atoms with Gasteiger partial charge in [-0.05, 0) is 43.7 Å². The molecule has 1 atom stereocenters. The number of nitriles is 1. The number of ether oxygens (including phenoxy) is 2.